The zero-order valence-electron chi connectivity index (χ0n) is 17.3. The van der Waals surface area contributed by atoms with E-state index in [4.69, 9.17) is 5.73 Å². The molecule has 3 aromatic rings. The van der Waals surface area contributed by atoms with E-state index in [-0.39, 0.29) is 6.42 Å². The third-order valence-electron chi connectivity index (χ3n) is 4.41. The summed E-state index contributed by atoms with van der Waals surface area (Å²) < 4.78 is 0. The van der Waals surface area contributed by atoms with Gasteiger partial charge in [0.2, 0.25) is 0 Å². The Morgan fingerprint density at radius 3 is 1.90 bits per heavy atom. The predicted octanol–water partition coefficient (Wildman–Crippen LogP) is 3.43. The van der Waals surface area contributed by atoms with Crippen molar-refractivity contribution < 1.29 is 15.3 Å². The third-order valence-corrected chi connectivity index (χ3v) is 5.42. The average Bonchev–Trinajstić information content (AvgIpc) is 2.82. The number of aliphatic hydroxyl groups excluding tert-OH is 3. The smallest absolute Gasteiger partial charge is 0.159 e. The summed E-state index contributed by atoms with van der Waals surface area (Å²) in [5.74, 6) is 0.694. The second kappa shape index (κ2) is 11.8. The lowest BCUT2D eigenvalue weighted by Gasteiger charge is -2.27. The number of rotatable bonds is 8. The molecular weight excluding hydrogens is 398 g/mol. The Labute approximate surface area is 181 Å². The van der Waals surface area contributed by atoms with Gasteiger partial charge in [-0.25, -0.2) is 9.97 Å². The fraction of sp³-hybridized carbons (Fsp3) is 0.304. The fourth-order valence-electron chi connectivity index (χ4n) is 2.70. The molecule has 1 unspecified atom stereocenters. The Kier molecular flexibility index (Phi) is 9.42. The topological polar surface area (TPSA) is 112 Å². The Balaban J connectivity index is 0.00000155. The number of nitrogens with zero attached hydrogens (tertiary/aromatic N) is 2. The molecule has 0 aliphatic rings. The molecule has 0 spiro atoms. The summed E-state index contributed by atoms with van der Waals surface area (Å²) in [7, 11) is 0. The summed E-state index contributed by atoms with van der Waals surface area (Å²) in [6.45, 7) is 3.22. The molecule has 1 heterocycles. The van der Waals surface area contributed by atoms with Crippen LogP contribution in [0.3, 0.4) is 0 Å². The van der Waals surface area contributed by atoms with Crippen molar-refractivity contribution in [2.45, 2.75) is 41.7 Å². The number of hydrogen-bond acceptors (Lipinski definition) is 7. The normalized spacial score (nSPS) is 12.1. The van der Waals surface area contributed by atoms with Crippen LogP contribution in [0.5, 0.6) is 0 Å². The summed E-state index contributed by atoms with van der Waals surface area (Å²) >= 11 is 1.61. The Bertz CT molecular complexity index is 870. The summed E-state index contributed by atoms with van der Waals surface area (Å²) in [5.41, 5.74) is 6.30. The van der Waals surface area contributed by atoms with Crippen LogP contribution in [0.2, 0.25) is 0 Å². The zero-order chi connectivity index (χ0) is 22.0. The van der Waals surface area contributed by atoms with Gasteiger partial charge in [0.25, 0.3) is 0 Å². The molecule has 0 saturated heterocycles. The number of hydrogen-bond donors (Lipinski definition) is 4. The number of benzene rings is 2. The van der Waals surface area contributed by atoms with Crippen molar-refractivity contribution in [3.8, 4) is 11.4 Å². The van der Waals surface area contributed by atoms with Gasteiger partial charge in [-0.1, -0.05) is 49.9 Å². The molecule has 1 atom stereocenters. The van der Waals surface area contributed by atoms with Gasteiger partial charge in [0.05, 0.1) is 24.9 Å². The van der Waals surface area contributed by atoms with E-state index in [1.807, 2.05) is 62.4 Å². The first-order valence-electron chi connectivity index (χ1n) is 9.87. The van der Waals surface area contributed by atoms with Gasteiger partial charge < -0.3 is 21.1 Å². The van der Waals surface area contributed by atoms with Crippen LogP contribution < -0.4 is 5.73 Å². The van der Waals surface area contributed by atoms with Crippen LogP contribution >= 0.6 is 11.8 Å². The van der Waals surface area contributed by atoms with Crippen molar-refractivity contribution in [3.63, 3.8) is 0 Å². The van der Waals surface area contributed by atoms with E-state index in [1.54, 1.807) is 30.2 Å². The summed E-state index contributed by atoms with van der Waals surface area (Å²) in [4.78, 5) is 10.6. The fourth-order valence-corrected chi connectivity index (χ4v) is 3.51. The molecule has 0 saturated carbocycles. The maximum absolute atomic E-state index is 10.3. The highest BCUT2D eigenvalue weighted by Gasteiger charge is 2.27. The lowest BCUT2D eigenvalue weighted by molar-refractivity contribution is 0.0618. The Morgan fingerprint density at radius 2 is 1.40 bits per heavy atom. The van der Waals surface area contributed by atoms with Crippen molar-refractivity contribution in [1.29, 1.82) is 0 Å². The van der Waals surface area contributed by atoms with Gasteiger partial charge in [0.1, 0.15) is 0 Å². The van der Waals surface area contributed by atoms with Crippen LogP contribution in [0, 0.1) is 0 Å². The summed E-state index contributed by atoms with van der Waals surface area (Å²) in [5, 5.41) is 28.9. The van der Waals surface area contributed by atoms with Gasteiger partial charge in [-0.05, 0) is 42.3 Å². The number of aliphatic hydroxyl groups is 3. The van der Waals surface area contributed by atoms with Crippen LogP contribution in [0.1, 0.15) is 31.9 Å². The van der Waals surface area contributed by atoms with Crippen LogP contribution in [-0.2, 0) is 0 Å². The number of nitrogens with two attached hydrogens (primary N) is 1. The van der Waals surface area contributed by atoms with E-state index in [1.165, 1.54) is 0 Å². The third kappa shape index (κ3) is 6.62. The second-order valence-electron chi connectivity index (χ2n) is 6.67. The van der Waals surface area contributed by atoms with Crippen molar-refractivity contribution >= 4 is 11.8 Å². The molecule has 2 aromatic carbocycles. The maximum Gasteiger partial charge on any atom is 0.159 e. The van der Waals surface area contributed by atoms with E-state index < -0.39 is 24.9 Å². The molecule has 0 aliphatic heterocycles. The standard InChI is InChI=1S/C21H23N3O3S.C2H6/c22-21(13-25,14-26)12-19(27)15-2-6-17(7-3-15)28-18-8-4-16(5-9-18)20-23-10-1-11-24-20;1-2/h1-11,19,25-27H,12-14,22H2;1-2H3. The van der Waals surface area contributed by atoms with E-state index >= 15 is 0 Å². The highest BCUT2D eigenvalue weighted by Crippen LogP contribution is 2.31. The summed E-state index contributed by atoms with van der Waals surface area (Å²) in [6.07, 6.45) is 2.66. The highest BCUT2D eigenvalue weighted by molar-refractivity contribution is 7.99. The van der Waals surface area contributed by atoms with Crippen LogP contribution in [0.15, 0.2) is 76.8 Å². The van der Waals surface area contributed by atoms with Crippen LogP contribution in [0.4, 0.5) is 0 Å². The van der Waals surface area contributed by atoms with Gasteiger partial charge in [0.15, 0.2) is 5.82 Å². The minimum atomic E-state index is -1.20. The van der Waals surface area contributed by atoms with Gasteiger partial charge in [-0.2, -0.15) is 0 Å². The van der Waals surface area contributed by atoms with Gasteiger partial charge >= 0.3 is 0 Å². The Hall–Kier alpha value is -2.29. The quantitative estimate of drug-likeness (QED) is 0.436. The molecule has 0 fully saturated rings. The minimum Gasteiger partial charge on any atom is -0.394 e. The molecule has 30 heavy (non-hydrogen) atoms. The SMILES string of the molecule is CC.NC(CO)(CO)CC(O)c1ccc(Sc2ccc(-c3ncccn3)cc2)cc1. The van der Waals surface area contributed by atoms with Gasteiger partial charge in [-0.3, -0.25) is 0 Å². The van der Waals surface area contributed by atoms with E-state index in [0.29, 0.717) is 11.4 Å². The van der Waals surface area contributed by atoms with E-state index in [2.05, 4.69) is 9.97 Å². The average molecular weight is 428 g/mol. The van der Waals surface area contributed by atoms with E-state index in [9.17, 15) is 15.3 Å². The zero-order valence-corrected chi connectivity index (χ0v) is 18.1. The van der Waals surface area contributed by atoms with Crippen molar-refractivity contribution in [1.82, 2.24) is 9.97 Å². The summed E-state index contributed by atoms with van der Waals surface area (Å²) in [6, 6.07) is 17.3. The number of aromatic nitrogens is 2. The first-order valence-corrected chi connectivity index (χ1v) is 10.7. The molecule has 5 N–H and O–H groups in total. The highest BCUT2D eigenvalue weighted by atomic mass is 32.2. The molecule has 3 rings (SSSR count). The van der Waals surface area contributed by atoms with Crippen LogP contribution in [-0.4, -0.2) is 44.0 Å². The minimum absolute atomic E-state index is 0.0789. The largest absolute Gasteiger partial charge is 0.394 e. The molecule has 6 nitrogen and oxygen atoms in total. The lowest BCUT2D eigenvalue weighted by Crippen LogP contribution is -2.48. The van der Waals surface area contributed by atoms with Crippen molar-refractivity contribution in [3.05, 3.63) is 72.6 Å². The van der Waals surface area contributed by atoms with Crippen molar-refractivity contribution in [2.75, 3.05) is 13.2 Å². The van der Waals surface area contributed by atoms with Gasteiger partial charge in [0, 0.05) is 27.7 Å². The maximum atomic E-state index is 10.3. The van der Waals surface area contributed by atoms with E-state index in [0.717, 1.165) is 15.4 Å². The molecule has 7 heteroatoms. The van der Waals surface area contributed by atoms with Crippen molar-refractivity contribution in [2.24, 2.45) is 5.73 Å². The molecule has 0 bridgehead atoms. The molecular formula is C23H29N3O3S. The Morgan fingerprint density at radius 1 is 0.900 bits per heavy atom. The molecule has 160 valence electrons. The first kappa shape index (κ1) is 24.0. The predicted molar refractivity (Wildman–Crippen MR) is 120 cm³/mol. The molecule has 0 amide bonds. The molecule has 0 aliphatic carbocycles. The first-order chi connectivity index (χ1) is 14.5. The van der Waals surface area contributed by atoms with Crippen LogP contribution in [0.25, 0.3) is 11.4 Å². The molecule has 1 aromatic heterocycles. The molecule has 0 radical (unpaired) electrons. The van der Waals surface area contributed by atoms with Gasteiger partial charge in [-0.15, -0.1) is 0 Å². The second-order valence-corrected chi connectivity index (χ2v) is 7.81. The monoisotopic (exact) mass is 427 g/mol. The lowest BCUT2D eigenvalue weighted by atomic mass is 9.92.